The summed E-state index contributed by atoms with van der Waals surface area (Å²) < 4.78 is 0. The summed E-state index contributed by atoms with van der Waals surface area (Å²) in [7, 11) is 0. The molecule has 4 atom stereocenters. The average Bonchev–Trinajstić information content (AvgIpc) is 2.79. The molecule has 1 rings (SSSR count). The summed E-state index contributed by atoms with van der Waals surface area (Å²) in [4.78, 5) is 71.4. The van der Waals surface area contributed by atoms with Crippen molar-refractivity contribution in [2.24, 2.45) is 11.7 Å². The van der Waals surface area contributed by atoms with Gasteiger partial charge >= 0.3 is 17.9 Å². The highest BCUT2D eigenvalue weighted by Crippen LogP contribution is 2.08. The third-order valence-electron chi connectivity index (χ3n) is 5.16. The van der Waals surface area contributed by atoms with Gasteiger partial charge in [0.15, 0.2) is 0 Å². The van der Waals surface area contributed by atoms with Gasteiger partial charge in [-0.05, 0) is 24.3 Å². The number of hydrogen-bond donors (Lipinski definition) is 7. The number of amides is 3. The molecule has 3 amide bonds. The fourth-order valence-corrected chi connectivity index (χ4v) is 3.20. The largest absolute Gasteiger partial charge is 0.481 e. The van der Waals surface area contributed by atoms with Crippen LogP contribution in [0, 0.1) is 5.92 Å². The predicted octanol–water partition coefficient (Wildman–Crippen LogP) is -0.909. The zero-order valence-corrected chi connectivity index (χ0v) is 20.0. The fourth-order valence-electron chi connectivity index (χ4n) is 3.20. The third-order valence-corrected chi connectivity index (χ3v) is 5.16. The zero-order chi connectivity index (χ0) is 27.4. The molecule has 0 saturated heterocycles. The Morgan fingerprint density at radius 3 is 1.89 bits per heavy atom. The van der Waals surface area contributed by atoms with Crippen molar-refractivity contribution in [2.45, 2.75) is 63.7 Å². The molecule has 198 valence electrons. The monoisotopic (exact) mass is 508 g/mol. The van der Waals surface area contributed by atoms with Gasteiger partial charge in [-0.3, -0.25) is 24.0 Å². The molecule has 13 heteroatoms. The molecule has 4 unspecified atom stereocenters. The summed E-state index contributed by atoms with van der Waals surface area (Å²) in [6.07, 6.45) is -1.48. The van der Waals surface area contributed by atoms with E-state index < -0.39 is 78.6 Å². The van der Waals surface area contributed by atoms with E-state index in [1.54, 1.807) is 44.2 Å². The second-order valence-corrected chi connectivity index (χ2v) is 8.52. The zero-order valence-electron chi connectivity index (χ0n) is 20.0. The third kappa shape index (κ3) is 10.5. The van der Waals surface area contributed by atoms with Crippen molar-refractivity contribution >= 4 is 35.6 Å². The van der Waals surface area contributed by atoms with E-state index in [9.17, 15) is 28.8 Å². The SMILES string of the molecule is CC(C)C(NC(=O)C(CCC(=O)O)NC(=O)C(N)Cc1ccccc1)C(=O)NC(CC(=O)O)C(=O)O. The van der Waals surface area contributed by atoms with Crippen molar-refractivity contribution in [3.8, 4) is 0 Å². The van der Waals surface area contributed by atoms with Crippen LogP contribution in [0.1, 0.15) is 38.7 Å². The predicted molar refractivity (Wildman–Crippen MR) is 126 cm³/mol. The first kappa shape index (κ1) is 30.0. The van der Waals surface area contributed by atoms with Crippen LogP contribution in [0.15, 0.2) is 30.3 Å². The second kappa shape index (κ2) is 14.4. The summed E-state index contributed by atoms with van der Waals surface area (Å²) >= 11 is 0. The van der Waals surface area contributed by atoms with Crippen LogP contribution >= 0.6 is 0 Å². The molecule has 36 heavy (non-hydrogen) atoms. The highest BCUT2D eigenvalue weighted by Gasteiger charge is 2.32. The van der Waals surface area contributed by atoms with E-state index in [2.05, 4.69) is 16.0 Å². The highest BCUT2D eigenvalue weighted by molar-refractivity contribution is 5.95. The smallest absolute Gasteiger partial charge is 0.326 e. The van der Waals surface area contributed by atoms with Crippen LogP contribution in [0.25, 0.3) is 0 Å². The summed E-state index contributed by atoms with van der Waals surface area (Å²) in [5.41, 5.74) is 6.72. The number of carboxylic acid groups (broad SMARTS) is 3. The number of nitrogens with two attached hydrogens (primary N) is 1. The van der Waals surface area contributed by atoms with E-state index in [0.29, 0.717) is 0 Å². The van der Waals surface area contributed by atoms with E-state index in [1.165, 1.54) is 0 Å². The summed E-state index contributed by atoms with van der Waals surface area (Å²) in [5, 5.41) is 33.9. The number of hydrogen-bond acceptors (Lipinski definition) is 7. The van der Waals surface area contributed by atoms with E-state index >= 15 is 0 Å². The number of carboxylic acids is 3. The first-order chi connectivity index (χ1) is 16.8. The van der Waals surface area contributed by atoms with Gasteiger partial charge in [-0.25, -0.2) is 4.79 Å². The van der Waals surface area contributed by atoms with E-state index in [-0.39, 0.29) is 12.8 Å². The van der Waals surface area contributed by atoms with Gasteiger partial charge < -0.3 is 37.0 Å². The number of aliphatic carboxylic acids is 3. The van der Waals surface area contributed by atoms with Crippen LogP contribution in [-0.4, -0.2) is 75.1 Å². The lowest BCUT2D eigenvalue weighted by Gasteiger charge is -2.26. The van der Waals surface area contributed by atoms with E-state index in [0.717, 1.165) is 5.56 Å². The molecule has 0 aromatic heterocycles. The summed E-state index contributed by atoms with van der Waals surface area (Å²) in [6.45, 7) is 3.11. The Balaban J connectivity index is 2.96. The normalized spacial score (nSPS) is 14.1. The molecule has 0 heterocycles. The van der Waals surface area contributed by atoms with Crippen molar-refractivity contribution in [3.05, 3.63) is 35.9 Å². The molecule has 1 aromatic rings. The summed E-state index contributed by atoms with van der Waals surface area (Å²) in [5.74, 6) is -7.33. The van der Waals surface area contributed by atoms with Crippen molar-refractivity contribution in [1.29, 1.82) is 0 Å². The summed E-state index contributed by atoms with van der Waals surface area (Å²) in [6, 6.07) is 3.45. The minimum atomic E-state index is -1.73. The van der Waals surface area contributed by atoms with Crippen LogP contribution < -0.4 is 21.7 Å². The molecule has 0 aliphatic heterocycles. The molecule has 0 aliphatic carbocycles. The second-order valence-electron chi connectivity index (χ2n) is 8.52. The molecule has 8 N–H and O–H groups in total. The molecule has 0 fully saturated rings. The first-order valence-electron chi connectivity index (χ1n) is 11.2. The number of benzene rings is 1. The Bertz CT molecular complexity index is 952. The van der Waals surface area contributed by atoms with Gasteiger partial charge in [0.1, 0.15) is 18.1 Å². The maximum Gasteiger partial charge on any atom is 0.326 e. The maximum absolute atomic E-state index is 12.9. The van der Waals surface area contributed by atoms with Crippen LogP contribution in [0.4, 0.5) is 0 Å². The molecular formula is C23H32N4O9. The molecule has 13 nitrogen and oxygen atoms in total. The van der Waals surface area contributed by atoms with Crippen molar-refractivity contribution in [3.63, 3.8) is 0 Å². The lowest BCUT2D eigenvalue weighted by Crippen LogP contribution is -2.58. The molecule has 0 saturated carbocycles. The lowest BCUT2D eigenvalue weighted by molar-refractivity contribution is -0.147. The van der Waals surface area contributed by atoms with Gasteiger partial charge in [-0.2, -0.15) is 0 Å². The Hall–Kier alpha value is -4.00. The van der Waals surface area contributed by atoms with Gasteiger partial charge in [0.2, 0.25) is 17.7 Å². The molecule has 1 aromatic carbocycles. The highest BCUT2D eigenvalue weighted by atomic mass is 16.4. The number of nitrogens with one attached hydrogen (secondary N) is 3. The number of carbonyl (C=O) groups excluding carboxylic acids is 3. The Morgan fingerprint density at radius 2 is 1.39 bits per heavy atom. The van der Waals surface area contributed by atoms with Crippen molar-refractivity contribution in [2.75, 3.05) is 0 Å². The fraction of sp³-hybridized carbons (Fsp3) is 0.478. The van der Waals surface area contributed by atoms with Crippen LogP contribution in [0.2, 0.25) is 0 Å². The average molecular weight is 509 g/mol. The molecule has 0 radical (unpaired) electrons. The van der Waals surface area contributed by atoms with Gasteiger partial charge in [0.05, 0.1) is 12.5 Å². The van der Waals surface area contributed by atoms with Crippen LogP contribution in [0.3, 0.4) is 0 Å². The molecule has 0 spiro atoms. The topological polar surface area (TPSA) is 225 Å². The molecule has 0 aliphatic rings. The van der Waals surface area contributed by atoms with Crippen LogP contribution in [0.5, 0.6) is 0 Å². The Morgan fingerprint density at radius 1 is 0.806 bits per heavy atom. The lowest BCUT2D eigenvalue weighted by atomic mass is 10.0. The number of carbonyl (C=O) groups is 6. The maximum atomic E-state index is 12.9. The minimum absolute atomic E-state index is 0.164. The van der Waals surface area contributed by atoms with Gasteiger partial charge in [-0.1, -0.05) is 44.2 Å². The van der Waals surface area contributed by atoms with E-state index in [1.807, 2.05) is 0 Å². The minimum Gasteiger partial charge on any atom is -0.481 e. The van der Waals surface area contributed by atoms with E-state index in [4.69, 9.17) is 21.1 Å². The van der Waals surface area contributed by atoms with Crippen molar-refractivity contribution < 1.29 is 44.1 Å². The quantitative estimate of drug-likeness (QED) is 0.154. The van der Waals surface area contributed by atoms with Gasteiger partial charge in [0, 0.05) is 6.42 Å². The van der Waals surface area contributed by atoms with Gasteiger partial charge in [0.25, 0.3) is 0 Å². The van der Waals surface area contributed by atoms with Crippen LogP contribution in [-0.2, 0) is 35.2 Å². The Kier molecular flexibility index (Phi) is 12.0. The van der Waals surface area contributed by atoms with Gasteiger partial charge in [-0.15, -0.1) is 0 Å². The molecule has 0 bridgehead atoms. The first-order valence-corrected chi connectivity index (χ1v) is 11.2. The van der Waals surface area contributed by atoms with Crippen molar-refractivity contribution in [1.82, 2.24) is 16.0 Å². The number of rotatable bonds is 15. The standard InChI is InChI=1S/C23H32N4O9/c1-12(2)19(22(34)26-16(23(35)36)11-18(30)31)27-21(33)15(8-9-17(28)29)25-20(32)14(24)10-13-6-4-3-5-7-13/h3-7,12,14-16,19H,8-11,24H2,1-2H3,(H,25,32)(H,26,34)(H,27,33)(H,28,29)(H,30,31)(H,35,36). The Labute approximate surface area is 207 Å². The molecular weight excluding hydrogens is 476 g/mol.